The second-order valence-electron chi connectivity index (χ2n) is 5.75. The second-order valence-corrected chi connectivity index (χ2v) is 6.75. The highest BCUT2D eigenvalue weighted by Gasteiger charge is 2.19. The Labute approximate surface area is 165 Å². The Hall–Kier alpha value is -3.58. The number of benzene rings is 1. The molecule has 28 heavy (non-hydrogen) atoms. The Balaban J connectivity index is 1.55. The van der Waals surface area contributed by atoms with E-state index in [9.17, 15) is 4.79 Å². The van der Waals surface area contributed by atoms with Crippen molar-refractivity contribution in [2.75, 3.05) is 12.4 Å². The molecule has 0 saturated heterocycles. The van der Waals surface area contributed by atoms with Gasteiger partial charge in [-0.1, -0.05) is 23.5 Å². The van der Waals surface area contributed by atoms with Crippen molar-refractivity contribution in [1.29, 1.82) is 0 Å². The first-order valence-electron chi connectivity index (χ1n) is 8.44. The predicted octanol–water partition coefficient (Wildman–Crippen LogP) is 5.32. The number of methoxy groups -OCH3 is 1. The van der Waals surface area contributed by atoms with E-state index in [2.05, 4.69) is 10.3 Å². The van der Waals surface area contributed by atoms with Crippen LogP contribution in [0, 0.1) is 0 Å². The van der Waals surface area contributed by atoms with Crippen LogP contribution in [-0.2, 0) is 4.79 Å². The maximum absolute atomic E-state index is 12.3. The molecule has 0 bridgehead atoms. The van der Waals surface area contributed by atoms with Crippen LogP contribution in [0.3, 0.4) is 0 Å². The number of carbonyl (C=O) groups excluding carboxylic acids is 1. The molecule has 0 saturated carbocycles. The van der Waals surface area contributed by atoms with Crippen LogP contribution in [-0.4, -0.2) is 18.0 Å². The van der Waals surface area contributed by atoms with Crippen molar-refractivity contribution < 1.29 is 18.4 Å². The largest absolute Gasteiger partial charge is 0.497 e. The van der Waals surface area contributed by atoms with E-state index in [4.69, 9.17) is 13.6 Å². The van der Waals surface area contributed by atoms with Crippen molar-refractivity contribution in [3.63, 3.8) is 0 Å². The van der Waals surface area contributed by atoms with Crippen LogP contribution in [0.5, 0.6) is 5.75 Å². The zero-order chi connectivity index (χ0) is 19.3. The number of aromatic nitrogens is 1. The third kappa shape index (κ3) is 3.89. The van der Waals surface area contributed by atoms with Gasteiger partial charge in [0.1, 0.15) is 22.1 Å². The van der Waals surface area contributed by atoms with E-state index in [-0.39, 0.29) is 5.91 Å². The van der Waals surface area contributed by atoms with Crippen LogP contribution >= 0.6 is 11.3 Å². The zero-order valence-electron chi connectivity index (χ0n) is 14.9. The molecule has 0 unspecified atom stereocenters. The van der Waals surface area contributed by atoms with E-state index < -0.39 is 0 Å². The predicted molar refractivity (Wildman–Crippen MR) is 108 cm³/mol. The first-order valence-corrected chi connectivity index (χ1v) is 9.26. The van der Waals surface area contributed by atoms with Gasteiger partial charge in [0, 0.05) is 6.08 Å². The van der Waals surface area contributed by atoms with E-state index in [1.54, 1.807) is 37.8 Å². The number of nitrogens with zero attached hydrogens (tertiary/aromatic N) is 1. The molecule has 0 aliphatic heterocycles. The minimum absolute atomic E-state index is 0.284. The molecule has 0 fully saturated rings. The first kappa shape index (κ1) is 17.8. The Morgan fingerprint density at radius 2 is 1.89 bits per heavy atom. The third-order valence-electron chi connectivity index (χ3n) is 3.88. The van der Waals surface area contributed by atoms with Gasteiger partial charge in [-0.3, -0.25) is 10.1 Å². The number of ether oxygens (including phenoxy) is 1. The molecule has 0 aliphatic carbocycles. The van der Waals surface area contributed by atoms with Gasteiger partial charge >= 0.3 is 0 Å². The average Bonchev–Trinajstić information content (AvgIpc) is 3.47. The van der Waals surface area contributed by atoms with Gasteiger partial charge in [-0.25, -0.2) is 4.98 Å². The SMILES string of the molecule is COc1cccc(/C=C/C(=O)Nc2nc(-c3ccco3)c(-c3ccco3)s2)c1. The number of hydrogen-bond acceptors (Lipinski definition) is 6. The fourth-order valence-electron chi connectivity index (χ4n) is 2.59. The molecule has 1 amide bonds. The van der Waals surface area contributed by atoms with E-state index in [0.717, 1.165) is 16.2 Å². The monoisotopic (exact) mass is 392 g/mol. The lowest BCUT2D eigenvalue weighted by Gasteiger charge is -2.00. The van der Waals surface area contributed by atoms with Gasteiger partial charge in [0.15, 0.2) is 10.9 Å². The van der Waals surface area contributed by atoms with Crippen LogP contribution in [0.2, 0.25) is 0 Å². The highest BCUT2D eigenvalue weighted by Crippen LogP contribution is 2.39. The standard InChI is InChI=1S/C21H16N2O4S/c1-25-15-6-2-5-14(13-15)9-10-18(24)22-21-23-19(16-7-3-11-26-16)20(28-21)17-8-4-12-27-17/h2-13H,1H3,(H,22,23,24)/b10-9+. The van der Waals surface area contributed by atoms with Gasteiger partial charge in [0.2, 0.25) is 5.91 Å². The Kier molecular flexibility index (Phi) is 5.07. The van der Waals surface area contributed by atoms with E-state index >= 15 is 0 Å². The summed E-state index contributed by atoms with van der Waals surface area (Å²) in [5.41, 5.74) is 1.48. The quantitative estimate of drug-likeness (QED) is 0.449. The van der Waals surface area contributed by atoms with Gasteiger partial charge in [-0.05, 0) is 48.0 Å². The van der Waals surface area contributed by atoms with Gasteiger partial charge < -0.3 is 13.6 Å². The van der Waals surface area contributed by atoms with E-state index in [1.807, 2.05) is 36.4 Å². The van der Waals surface area contributed by atoms with Crippen LogP contribution < -0.4 is 10.1 Å². The molecular weight excluding hydrogens is 376 g/mol. The molecule has 0 spiro atoms. The Morgan fingerprint density at radius 3 is 2.61 bits per heavy atom. The van der Waals surface area contributed by atoms with E-state index in [1.165, 1.54) is 17.4 Å². The molecule has 7 heteroatoms. The number of nitrogens with one attached hydrogen (secondary N) is 1. The van der Waals surface area contributed by atoms with Crippen molar-refractivity contribution in [1.82, 2.24) is 4.98 Å². The number of carbonyl (C=O) groups is 1. The molecule has 4 aromatic rings. The molecule has 140 valence electrons. The molecule has 4 rings (SSSR count). The number of hydrogen-bond donors (Lipinski definition) is 1. The molecule has 3 heterocycles. The van der Waals surface area contributed by atoms with Crippen molar-refractivity contribution >= 4 is 28.5 Å². The number of amides is 1. The number of furan rings is 2. The van der Waals surface area contributed by atoms with Crippen molar-refractivity contribution in [2.24, 2.45) is 0 Å². The summed E-state index contributed by atoms with van der Waals surface area (Å²) in [6.07, 6.45) is 6.34. The van der Waals surface area contributed by atoms with E-state index in [0.29, 0.717) is 22.3 Å². The highest BCUT2D eigenvalue weighted by atomic mass is 32.1. The normalized spacial score (nSPS) is 11.0. The summed E-state index contributed by atoms with van der Waals surface area (Å²) in [4.78, 5) is 17.6. The number of thiazole rings is 1. The minimum atomic E-state index is -0.284. The van der Waals surface area contributed by atoms with Crippen LogP contribution in [0.1, 0.15) is 5.56 Å². The molecule has 1 N–H and O–H groups in total. The smallest absolute Gasteiger partial charge is 0.250 e. The van der Waals surface area contributed by atoms with Crippen LogP contribution in [0.15, 0.2) is 76.0 Å². The second kappa shape index (κ2) is 7.98. The summed E-state index contributed by atoms with van der Waals surface area (Å²) in [5.74, 6) is 1.72. The molecular formula is C21H16N2O4S. The molecule has 0 aliphatic rings. The van der Waals surface area contributed by atoms with Gasteiger partial charge in [-0.15, -0.1) is 0 Å². The summed E-state index contributed by atoms with van der Waals surface area (Å²) in [5, 5.41) is 3.25. The maximum atomic E-state index is 12.3. The zero-order valence-corrected chi connectivity index (χ0v) is 15.7. The lowest BCUT2D eigenvalue weighted by molar-refractivity contribution is -0.111. The molecule has 3 aromatic heterocycles. The van der Waals surface area contributed by atoms with Crippen molar-refractivity contribution in [3.05, 3.63) is 72.7 Å². The summed E-state index contributed by atoms with van der Waals surface area (Å²) in [7, 11) is 1.60. The van der Waals surface area contributed by atoms with Crippen LogP contribution in [0.4, 0.5) is 5.13 Å². The fourth-order valence-corrected chi connectivity index (χ4v) is 3.53. The summed E-state index contributed by atoms with van der Waals surface area (Å²) in [6, 6.07) is 14.7. The summed E-state index contributed by atoms with van der Waals surface area (Å²) < 4.78 is 16.1. The average molecular weight is 392 g/mol. The first-order chi connectivity index (χ1) is 13.7. The van der Waals surface area contributed by atoms with Gasteiger partial charge in [-0.2, -0.15) is 0 Å². The maximum Gasteiger partial charge on any atom is 0.250 e. The molecule has 6 nitrogen and oxygen atoms in total. The Bertz CT molecular complexity index is 1040. The van der Waals surface area contributed by atoms with Crippen LogP contribution in [0.25, 0.3) is 28.2 Å². The highest BCUT2D eigenvalue weighted by molar-refractivity contribution is 7.19. The number of rotatable bonds is 6. The molecule has 0 atom stereocenters. The lowest BCUT2D eigenvalue weighted by Crippen LogP contribution is -2.07. The Morgan fingerprint density at radius 1 is 1.11 bits per heavy atom. The van der Waals surface area contributed by atoms with Crippen molar-refractivity contribution in [2.45, 2.75) is 0 Å². The molecule has 0 radical (unpaired) electrons. The van der Waals surface area contributed by atoms with Crippen molar-refractivity contribution in [3.8, 4) is 27.8 Å². The summed E-state index contributed by atoms with van der Waals surface area (Å²) >= 11 is 1.32. The fraction of sp³-hybridized carbons (Fsp3) is 0.0476. The topological polar surface area (TPSA) is 77.5 Å². The summed E-state index contributed by atoms with van der Waals surface area (Å²) in [6.45, 7) is 0. The number of anilines is 1. The van der Waals surface area contributed by atoms with Gasteiger partial charge in [0.25, 0.3) is 0 Å². The molecule has 1 aromatic carbocycles. The van der Waals surface area contributed by atoms with Gasteiger partial charge in [0.05, 0.1) is 19.6 Å². The third-order valence-corrected chi connectivity index (χ3v) is 4.86. The lowest BCUT2D eigenvalue weighted by atomic mass is 10.2. The minimum Gasteiger partial charge on any atom is -0.497 e.